The van der Waals surface area contributed by atoms with E-state index in [-0.39, 0.29) is 44.0 Å². The Bertz CT molecular complexity index is 1690. The average molecular weight is 975 g/mol. The van der Waals surface area contributed by atoms with Crippen molar-refractivity contribution in [1.29, 1.82) is 0 Å². The Kier molecular flexibility index (Phi) is 53.1. The van der Waals surface area contributed by atoms with Crippen molar-refractivity contribution >= 4 is 17.9 Å². The summed E-state index contributed by atoms with van der Waals surface area (Å²) in [6.07, 6.45) is 85.0. The highest BCUT2D eigenvalue weighted by molar-refractivity contribution is 5.71. The van der Waals surface area contributed by atoms with Gasteiger partial charge in [0.25, 0.3) is 0 Å². The summed E-state index contributed by atoms with van der Waals surface area (Å²) >= 11 is 0. The van der Waals surface area contributed by atoms with E-state index in [1.807, 2.05) is 12.2 Å². The van der Waals surface area contributed by atoms with Gasteiger partial charge >= 0.3 is 17.9 Å². The van der Waals surface area contributed by atoms with Crippen LogP contribution < -0.4 is 0 Å². The van der Waals surface area contributed by atoms with E-state index in [1.54, 1.807) is 0 Å². The Morgan fingerprint density at radius 2 is 0.535 bits per heavy atom. The van der Waals surface area contributed by atoms with Gasteiger partial charge < -0.3 is 14.2 Å². The van der Waals surface area contributed by atoms with Gasteiger partial charge in [-0.15, -0.1) is 0 Å². The molecular weight excluding hydrogens is 877 g/mol. The highest BCUT2D eigenvalue weighted by atomic mass is 16.6. The summed E-state index contributed by atoms with van der Waals surface area (Å²) < 4.78 is 16.7. The maximum atomic E-state index is 12.8. The number of hydrogen-bond donors (Lipinski definition) is 0. The lowest BCUT2D eigenvalue weighted by atomic mass is 10.1. The summed E-state index contributed by atoms with van der Waals surface area (Å²) in [5.74, 6) is -1.08. The molecule has 0 aliphatic heterocycles. The van der Waals surface area contributed by atoms with E-state index < -0.39 is 6.10 Å². The molecule has 0 rings (SSSR count). The molecule has 1 unspecified atom stereocenters. The van der Waals surface area contributed by atoms with Crippen LogP contribution in [0.2, 0.25) is 0 Å². The molecule has 0 saturated carbocycles. The number of hydrogen-bond acceptors (Lipinski definition) is 6. The van der Waals surface area contributed by atoms with Gasteiger partial charge in [0.1, 0.15) is 13.2 Å². The normalized spacial score (nSPS) is 13.5. The van der Waals surface area contributed by atoms with Gasteiger partial charge in [-0.05, 0) is 135 Å². The first-order valence-electron chi connectivity index (χ1n) is 27.6. The molecule has 6 nitrogen and oxygen atoms in total. The highest BCUT2D eigenvalue weighted by Crippen LogP contribution is 2.11. The monoisotopic (exact) mass is 975 g/mol. The molecule has 6 heteroatoms. The van der Waals surface area contributed by atoms with Gasteiger partial charge in [0.05, 0.1) is 0 Å². The van der Waals surface area contributed by atoms with Crippen molar-refractivity contribution in [3.05, 3.63) is 170 Å². The van der Waals surface area contributed by atoms with Crippen molar-refractivity contribution in [3.8, 4) is 0 Å². The quantitative estimate of drug-likeness (QED) is 0.0262. The first kappa shape index (κ1) is 65.8. The molecule has 0 aromatic carbocycles. The molecule has 0 amide bonds. The molecule has 0 aliphatic rings. The highest BCUT2D eigenvalue weighted by Gasteiger charge is 2.19. The van der Waals surface area contributed by atoms with Gasteiger partial charge in [-0.1, -0.05) is 217 Å². The fraction of sp³-hybridized carbons (Fsp3) is 0.523. The molecule has 0 saturated heterocycles. The van der Waals surface area contributed by atoms with Crippen LogP contribution in [0.15, 0.2) is 170 Å². The van der Waals surface area contributed by atoms with Crippen LogP contribution in [0.4, 0.5) is 0 Å². The van der Waals surface area contributed by atoms with E-state index >= 15 is 0 Å². The molecule has 0 aromatic heterocycles. The van der Waals surface area contributed by atoms with Crippen LogP contribution in [0.1, 0.15) is 201 Å². The first-order chi connectivity index (χ1) is 35.0. The lowest BCUT2D eigenvalue weighted by Crippen LogP contribution is -2.30. The number of carbonyl (C=O) groups is 3. The standard InChI is InChI=1S/C65H98O6/c1-4-7-10-13-16-19-22-25-27-28-29-30-31-32-33-34-35-36-38-40-43-46-49-52-55-58-64(67)70-61-62(60-69-63(66)57-54-51-48-45-42-39-24-21-18-15-12-9-6-3)71-65(68)59-56-53-50-47-44-41-37-26-23-20-17-14-11-8-5-2/h7-12,16-21,25-27,29-30,32-33,35-37,39-40,42-43,48,51,62H,4-6,13-15,22-24,28,31,34,38,41,44-47,49-50,52-61H2,1-3H3/b10-7-,11-8-,12-9-,19-16-,20-17-,21-18-,27-25-,30-29-,33-32-,36-35-,37-26-,42-39-,43-40-,51-48-. The number of rotatable bonds is 47. The summed E-state index contributed by atoms with van der Waals surface area (Å²) in [7, 11) is 0. The van der Waals surface area contributed by atoms with Crippen LogP contribution in [0.3, 0.4) is 0 Å². The zero-order valence-electron chi connectivity index (χ0n) is 44.9. The van der Waals surface area contributed by atoms with Crippen LogP contribution in [-0.4, -0.2) is 37.2 Å². The minimum Gasteiger partial charge on any atom is -0.462 e. The predicted molar refractivity (Wildman–Crippen MR) is 306 cm³/mol. The zero-order valence-corrected chi connectivity index (χ0v) is 44.9. The first-order valence-corrected chi connectivity index (χ1v) is 27.6. The van der Waals surface area contributed by atoms with E-state index in [9.17, 15) is 14.4 Å². The van der Waals surface area contributed by atoms with Gasteiger partial charge in [-0.3, -0.25) is 14.4 Å². The fourth-order valence-corrected chi connectivity index (χ4v) is 6.68. The Labute approximate surface area is 434 Å². The second kappa shape index (κ2) is 57.3. The number of unbranched alkanes of at least 4 members (excludes halogenated alkanes) is 8. The third kappa shape index (κ3) is 55.6. The molecule has 0 heterocycles. The molecule has 0 aromatic rings. The third-order valence-electron chi connectivity index (χ3n) is 10.7. The predicted octanol–water partition coefficient (Wildman–Crippen LogP) is 18.8. The number of esters is 3. The summed E-state index contributed by atoms with van der Waals surface area (Å²) in [6, 6.07) is 0. The van der Waals surface area contributed by atoms with Crippen molar-refractivity contribution in [2.45, 2.75) is 207 Å². The van der Waals surface area contributed by atoms with Gasteiger partial charge in [0, 0.05) is 19.3 Å². The summed E-state index contributed by atoms with van der Waals surface area (Å²) in [4.78, 5) is 38.0. The lowest BCUT2D eigenvalue weighted by molar-refractivity contribution is -0.166. The van der Waals surface area contributed by atoms with E-state index in [0.29, 0.717) is 12.8 Å². The Morgan fingerprint density at radius 1 is 0.282 bits per heavy atom. The number of allylic oxidation sites excluding steroid dienone is 28. The van der Waals surface area contributed by atoms with Crippen molar-refractivity contribution < 1.29 is 28.6 Å². The Balaban J connectivity index is 4.53. The number of carbonyl (C=O) groups excluding carboxylic acids is 3. The maximum Gasteiger partial charge on any atom is 0.306 e. The molecule has 394 valence electrons. The van der Waals surface area contributed by atoms with Crippen molar-refractivity contribution in [2.75, 3.05) is 13.2 Å². The summed E-state index contributed by atoms with van der Waals surface area (Å²) in [5.41, 5.74) is 0. The molecule has 0 radical (unpaired) electrons. The SMILES string of the molecule is CC/C=C\C/C=C\C/C=C\C/C=C\C/C=C\C/C=C\C/C=C\CCCCCC(=O)OCC(COC(=O)CC/C=C\C/C=C\C/C=C\C/C=C\CC)OC(=O)CCCCCCC/C=C\C/C=C\C/C=C\CC. The average Bonchev–Trinajstić information content (AvgIpc) is 3.37. The van der Waals surface area contributed by atoms with Gasteiger partial charge in [-0.25, -0.2) is 0 Å². The van der Waals surface area contributed by atoms with E-state index in [1.165, 1.54) is 0 Å². The number of ether oxygens (including phenoxy) is 3. The molecule has 0 N–H and O–H groups in total. The minimum absolute atomic E-state index is 0.134. The minimum atomic E-state index is -0.839. The summed E-state index contributed by atoms with van der Waals surface area (Å²) in [5, 5.41) is 0. The zero-order chi connectivity index (χ0) is 51.4. The molecular formula is C65H98O6. The summed E-state index contributed by atoms with van der Waals surface area (Å²) in [6.45, 7) is 6.16. The van der Waals surface area contributed by atoms with E-state index in [2.05, 4.69) is 179 Å². The van der Waals surface area contributed by atoms with Gasteiger partial charge in [0.2, 0.25) is 0 Å². The van der Waals surface area contributed by atoms with Crippen molar-refractivity contribution in [2.24, 2.45) is 0 Å². The topological polar surface area (TPSA) is 78.9 Å². The smallest absolute Gasteiger partial charge is 0.306 e. The molecule has 0 bridgehead atoms. The largest absolute Gasteiger partial charge is 0.462 e. The molecule has 71 heavy (non-hydrogen) atoms. The third-order valence-corrected chi connectivity index (χ3v) is 10.7. The van der Waals surface area contributed by atoms with Crippen LogP contribution in [0.5, 0.6) is 0 Å². The van der Waals surface area contributed by atoms with Crippen LogP contribution in [0, 0.1) is 0 Å². The van der Waals surface area contributed by atoms with Crippen LogP contribution in [0.25, 0.3) is 0 Å². The Hall–Kier alpha value is -5.23. The van der Waals surface area contributed by atoms with E-state index in [0.717, 1.165) is 154 Å². The molecule has 1 atom stereocenters. The van der Waals surface area contributed by atoms with Gasteiger partial charge in [-0.2, -0.15) is 0 Å². The fourth-order valence-electron chi connectivity index (χ4n) is 6.68. The Morgan fingerprint density at radius 3 is 0.887 bits per heavy atom. The second-order valence-electron chi connectivity index (χ2n) is 17.3. The van der Waals surface area contributed by atoms with Crippen molar-refractivity contribution in [1.82, 2.24) is 0 Å². The maximum absolute atomic E-state index is 12.8. The van der Waals surface area contributed by atoms with Crippen molar-refractivity contribution in [3.63, 3.8) is 0 Å². The van der Waals surface area contributed by atoms with Crippen LogP contribution >= 0.6 is 0 Å². The lowest BCUT2D eigenvalue weighted by Gasteiger charge is -2.18. The van der Waals surface area contributed by atoms with E-state index in [4.69, 9.17) is 14.2 Å². The molecule has 0 aliphatic carbocycles. The molecule has 0 spiro atoms. The second-order valence-corrected chi connectivity index (χ2v) is 17.3. The molecule has 0 fully saturated rings. The van der Waals surface area contributed by atoms with Crippen LogP contribution in [-0.2, 0) is 28.6 Å². The van der Waals surface area contributed by atoms with Gasteiger partial charge in [0.15, 0.2) is 6.10 Å².